The number of hydrogen-bond acceptors (Lipinski definition) is 4. The molecule has 0 saturated carbocycles. The molecule has 1 N–H and O–H groups in total. The molecular formula is C19H20O3S. The zero-order chi connectivity index (χ0) is 16.5. The standard InChI is InChI=1S/C19H20O3S/c1-2-9-17(20)18(22-14-15-10-5-3-6-11-15)19(21)23-16-12-7-4-8-13-16/h2-13,17-18,20H,14H2,1H3/b9-2+/t17-,18+/m1/s1. The van der Waals surface area contributed by atoms with Gasteiger partial charge in [0.05, 0.1) is 6.61 Å². The largest absolute Gasteiger partial charge is 0.386 e. The molecule has 0 aromatic heterocycles. The van der Waals surface area contributed by atoms with Gasteiger partial charge in [0.15, 0.2) is 6.10 Å². The first-order valence-corrected chi connectivity index (χ1v) is 8.25. The number of benzene rings is 2. The molecule has 23 heavy (non-hydrogen) atoms. The van der Waals surface area contributed by atoms with Crippen LogP contribution in [0.25, 0.3) is 0 Å². The summed E-state index contributed by atoms with van der Waals surface area (Å²) >= 11 is 1.08. The van der Waals surface area contributed by atoms with E-state index in [1.165, 1.54) is 0 Å². The molecule has 0 heterocycles. The maximum Gasteiger partial charge on any atom is 0.225 e. The molecule has 0 saturated heterocycles. The molecule has 3 nitrogen and oxygen atoms in total. The smallest absolute Gasteiger partial charge is 0.225 e. The lowest BCUT2D eigenvalue weighted by Gasteiger charge is -2.19. The SMILES string of the molecule is C/C=C/[C@@H](O)[C@H](OCc1ccccc1)C(=O)Sc1ccccc1. The topological polar surface area (TPSA) is 46.5 Å². The molecule has 4 heteroatoms. The Labute approximate surface area is 141 Å². The van der Waals surface area contributed by atoms with E-state index in [1.807, 2.05) is 60.7 Å². The van der Waals surface area contributed by atoms with E-state index in [-0.39, 0.29) is 11.7 Å². The van der Waals surface area contributed by atoms with Crippen LogP contribution in [0.3, 0.4) is 0 Å². The highest BCUT2D eigenvalue weighted by molar-refractivity contribution is 8.13. The van der Waals surface area contributed by atoms with Crippen LogP contribution < -0.4 is 0 Å². The molecule has 0 spiro atoms. The van der Waals surface area contributed by atoms with Gasteiger partial charge < -0.3 is 9.84 Å². The van der Waals surface area contributed by atoms with Crippen molar-refractivity contribution in [3.8, 4) is 0 Å². The number of carbonyl (C=O) groups is 1. The van der Waals surface area contributed by atoms with Crippen molar-refractivity contribution in [2.75, 3.05) is 0 Å². The zero-order valence-electron chi connectivity index (χ0n) is 13.0. The average molecular weight is 328 g/mol. The maximum atomic E-state index is 12.5. The molecule has 120 valence electrons. The summed E-state index contributed by atoms with van der Waals surface area (Å²) in [6, 6.07) is 19.0. The van der Waals surface area contributed by atoms with Gasteiger partial charge >= 0.3 is 0 Å². The van der Waals surface area contributed by atoms with E-state index in [0.29, 0.717) is 0 Å². The second-order valence-corrected chi connectivity index (χ2v) is 6.05. The van der Waals surface area contributed by atoms with Gasteiger partial charge in [-0.1, -0.05) is 60.7 Å². The molecule has 0 aliphatic carbocycles. The van der Waals surface area contributed by atoms with Gasteiger partial charge in [-0.2, -0.15) is 0 Å². The highest BCUT2D eigenvalue weighted by Gasteiger charge is 2.26. The molecule has 2 aromatic rings. The monoisotopic (exact) mass is 328 g/mol. The van der Waals surface area contributed by atoms with Crippen molar-refractivity contribution in [2.45, 2.75) is 30.6 Å². The maximum absolute atomic E-state index is 12.5. The van der Waals surface area contributed by atoms with Gasteiger partial charge in [-0.3, -0.25) is 4.79 Å². The summed E-state index contributed by atoms with van der Waals surface area (Å²) in [5.74, 6) is 0. The number of carbonyl (C=O) groups excluding carboxylic acids is 1. The molecule has 0 radical (unpaired) electrons. The average Bonchev–Trinajstić information content (AvgIpc) is 2.57. The molecule has 2 atom stereocenters. The molecule has 0 aliphatic heterocycles. The van der Waals surface area contributed by atoms with Crippen LogP contribution in [0.5, 0.6) is 0 Å². The normalized spacial score (nSPS) is 13.8. The minimum atomic E-state index is -0.965. The van der Waals surface area contributed by atoms with Crippen molar-refractivity contribution in [1.29, 1.82) is 0 Å². The number of ether oxygens (including phenoxy) is 1. The van der Waals surface area contributed by atoms with Crippen LogP contribution >= 0.6 is 11.8 Å². The highest BCUT2D eigenvalue weighted by atomic mass is 32.2. The zero-order valence-corrected chi connectivity index (χ0v) is 13.8. The summed E-state index contributed by atoms with van der Waals surface area (Å²) in [4.78, 5) is 13.3. The Balaban J connectivity index is 2.05. The summed E-state index contributed by atoms with van der Waals surface area (Å²) in [5.41, 5.74) is 0.961. The minimum absolute atomic E-state index is 0.210. The predicted molar refractivity (Wildman–Crippen MR) is 93.1 cm³/mol. The fraction of sp³-hybridized carbons (Fsp3) is 0.211. The van der Waals surface area contributed by atoms with Crippen LogP contribution in [0.4, 0.5) is 0 Å². The number of thioether (sulfide) groups is 1. The number of aliphatic hydroxyl groups is 1. The lowest BCUT2D eigenvalue weighted by Crippen LogP contribution is -2.33. The molecule has 0 amide bonds. The van der Waals surface area contributed by atoms with Crippen molar-refractivity contribution in [1.82, 2.24) is 0 Å². The van der Waals surface area contributed by atoms with Crippen LogP contribution in [0.2, 0.25) is 0 Å². The highest BCUT2D eigenvalue weighted by Crippen LogP contribution is 2.23. The Morgan fingerprint density at radius 1 is 1.13 bits per heavy atom. The fourth-order valence-corrected chi connectivity index (χ4v) is 2.88. The lowest BCUT2D eigenvalue weighted by atomic mass is 10.2. The number of aliphatic hydroxyl groups excluding tert-OH is 1. The first kappa shape index (κ1) is 17.5. The van der Waals surface area contributed by atoms with E-state index in [2.05, 4.69) is 0 Å². The number of hydrogen-bond donors (Lipinski definition) is 1. The van der Waals surface area contributed by atoms with E-state index in [9.17, 15) is 9.90 Å². The Morgan fingerprint density at radius 2 is 1.74 bits per heavy atom. The molecule has 0 bridgehead atoms. The summed E-state index contributed by atoms with van der Waals surface area (Å²) in [5, 5.41) is 9.98. The van der Waals surface area contributed by atoms with Crippen molar-refractivity contribution >= 4 is 16.9 Å². The van der Waals surface area contributed by atoms with Gasteiger partial charge in [0.25, 0.3) is 0 Å². The molecular weight excluding hydrogens is 308 g/mol. The second-order valence-electron chi connectivity index (χ2n) is 4.97. The van der Waals surface area contributed by atoms with Crippen molar-refractivity contribution in [2.24, 2.45) is 0 Å². The fourth-order valence-electron chi connectivity index (χ4n) is 2.03. The van der Waals surface area contributed by atoms with Crippen LogP contribution in [0.15, 0.2) is 77.7 Å². The minimum Gasteiger partial charge on any atom is -0.386 e. The summed E-state index contributed by atoms with van der Waals surface area (Å²) < 4.78 is 5.70. The van der Waals surface area contributed by atoms with Crippen molar-refractivity contribution in [3.05, 3.63) is 78.4 Å². The molecule has 0 unspecified atom stereocenters. The third-order valence-electron chi connectivity index (χ3n) is 3.17. The Bertz CT molecular complexity index is 626. The quantitative estimate of drug-likeness (QED) is 0.620. The van der Waals surface area contributed by atoms with Gasteiger partial charge in [0.2, 0.25) is 5.12 Å². The van der Waals surface area contributed by atoms with Crippen LogP contribution in [-0.4, -0.2) is 22.4 Å². The van der Waals surface area contributed by atoms with Crippen LogP contribution in [-0.2, 0) is 16.1 Å². The molecule has 2 rings (SSSR count). The first-order valence-electron chi connectivity index (χ1n) is 7.44. The lowest BCUT2D eigenvalue weighted by molar-refractivity contribution is -0.128. The van der Waals surface area contributed by atoms with E-state index in [4.69, 9.17) is 4.74 Å². The van der Waals surface area contributed by atoms with Gasteiger partial charge in [-0.15, -0.1) is 0 Å². The molecule has 0 fully saturated rings. The van der Waals surface area contributed by atoms with E-state index < -0.39 is 12.2 Å². The first-order chi connectivity index (χ1) is 11.2. The number of rotatable bonds is 7. The van der Waals surface area contributed by atoms with Gasteiger partial charge in [0.1, 0.15) is 6.10 Å². The van der Waals surface area contributed by atoms with Gasteiger partial charge in [-0.05, 0) is 36.4 Å². The summed E-state index contributed by atoms with van der Waals surface area (Å²) in [6.45, 7) is 2.08. The van der Waals surface area contributed by atoms with Gasteiger partial charge in [-0.25, -0.2) is 0 Å². The summed E-state index contributed by atoms with van der Waals surface area (Å²) in [7, 11) is 0. The third kappa shape index (κ3) is 5.67. The predicted octanol–water partition coefficient (Wildman–Crippen LogP) is 3.83. The van der Waals surface area contributed by atoms with E-state index in [0.717, 1.165) is 22.2 Å². The van der Waals surface area contributed by atoms with E-state index in [1.54, 1.807) is 19.1 Å². The van der Waals surface area contributed by atoms with E-state index >= 15 is 0 Å². The Hall–Kier alpha value is -1.88. The molecule has 0 aliphatic rings. The third-order valence-corrected chi connectivity index (χ3v) is 4.11. The van der Waals surface area contributed by atoms with Crippen LogP contribution in [0.1, 0.15) is 12.5 Å². The van der Waals surface area contributed by atoms with Crippen LogP contribution in [0, 0.1) is 0 Å². The van der Waals surface area contributed by atoms with Gasteiger partial charge in [0, 0.05) is 4.90 Å². The second kappa shape index (κ2) is 9.30. The summed E-state index contributed by atoms with van der Waals surface area (Å²) in [6.07, 6.45) is 1.41. The Morgan fingerprint density at radius 3 is 2.35 bits per heavy atom. The molecule has 2 aromatic carbocycles. The van der Waals surface area contributed by atoms with Crippen molar-refractivity contribution < 1.29 is 14.6 Å². The number of allylic oxidation sites excluding steroid dienone is 1. The Kier molecular flexibility index (Phi) is 7.07. The van der Waals surface area contributed by atoms with Crippen molar-refractivity contribution in [3.63, 3.8) is 0 Å².